The van der Waals surface area contributed by atoms with E-state index in [1.165, 1.54) is 28.2 Å². The second-order valence-electron chi connectivity index (χ2n) is 4.53. The van der Waals surface area contributed by atoms with E-state index in [4.69, 9.17) is 0 Å². The van der Waals surface area contributed by atoms with Crippen LogP contribution in [0.2, 0.25) is 0 Å². The van der Waals surface area contributed by atoms with Crippen molar-refractivity contribution in [3.63, 3.8) is 0 Å². The first-order valence-electron chi connectivity index (χ1n) is 5.69. The summed E-state index contributed by atoms with van der Waals surface area (Å²) in [6.07, 6.45) is 3.41. The number of aromatic nitrogens is 1. The first kappa shape index (κ1) is 9.46. The molecule has 1 aliphatic rings. The van der Waals surface area contributed by atoms with Crippen LogP contribution in [0.4, 0.5) is 0 Å². The van der Waals surface area contributed by atoms with E-state index < -0.39 is 0 Å². The Morgan fingerprint density at radius 2 is 1.81 bits per heavy atom. The van der Waals surface area contributed by atoms with Gasteiger partial charge >= 0.3 is 0 Å². The lowest BCUT2D eigenvalue weighted by Gasteiger charge is -2.08. The molecule has 0 atom stereocenters. The minimum Gasteiger partial charge on any atom is -0.314 e. The molecule has 80 valence electrons. The maximum absolute atomic E-state index is 2.34. The van der Waals surface area contributed by atoms with Gasteiger partial charge in [-0.25, -0.2) is 0 Å². The SMILES string of the molecule is CC1=Cc2c(cc(C)n2-c2ccccc2)C1. The molecule has 0 aliphatic heterocycles. The summed E-state index contributed by atoms with van der Waals surface area (Å²) in [6.45, 7) is 4.37. The van der Waals surface area contributed by atoms with Crippen molar-refractivity contribution < 1.29 is 0 Å². The van der Waals surface area contributed by atoms with Gasteiger partial charge in [-0.05, 0) is 50.1 Å². The lowest BCUT2D eigenvalue weighted by Crippen LogP contribution is -1.97. The standard InChI is InChI=1S/C15H15N/c1-11-8-13-10-12(2)16(15(13)9-11)14-6-4-3-5-7-14/h3-7,9-10H,8H2,1-2H3. The molecule has 1 heteroatoms. The van der Waals surface area contributed by atoms with Gasteiger partial charge in [0.2, 0.25) is 0 Å². The highest BCUT2D eigenvalue weighted by Gasteiger charge is 2.17. The Hall–Kier alpha value is -1.76. The summed E-state index contributed by atoms with van der Waals surface area (Å²) in [7, 11) is 0. The van der Waals surface area contributed by atoms with E-state index in [1.807, 2.05) is 0 Å². The summed E-state index contributed by atoms with van der Waals surface area (Å²) >= 11 is 0. The maximum atomic E-state index is 2.34. The molecule has 1 heterocycles. The van der Waals surface area contributed by atoms with Gasteiger partial charge in [0.15, 0.2) is 0 Å². The number of aryl methyl sites for hydroxylation is 1. The zero-order chi connectivity index (χ0) is 11.1. The minimum absolute atomic E-state index is 1.11. The van der Waals surface area contributed by atoms with E-state index in [0.717, 1.165) is 6.42 Å². The number of para-hydroxylation sites is 1. The van der Waals surface area contributed by atoms with Crippen molar-refractivity contribution in [2.75, 3.05) is 0 Å². The van der Waals surface area contributed by atoms with Gasteiger partial charge < -0.3 is 4.57 Å². The van der Waals surface area contributed by atoms with Gasteiger partial charge in [-0.15, -0.1) is 0 Å². The Balaban J connectivity index is 2.22. The minimum atomic E-state index is 1.11. The molecule has 0 saturated carbocycles. The molecule has 1 aromatic carbocycles. The van der Waals surface area contributed by atoms with Gasteiger partial charge in [0.05, 0.1) is 0 Å². The molecule has 0 bridgehead atoms. The van der Waals surface area contributed by atoms with Crippen molar-refractivity contribution in [2.24, 2.45) is 0 Å². The third-order valence-electron chi connectivity index (χ3n) is 3.17. The summed E-state index contributed by atoms with van der Waals surface area (Å²) in [6, 6.07) is 12.9. The van der Waals surface area contributed by atoms with Crippen LogP contribution in [0, 0.1) is 6.92 Å². The fraction of sp³-hybridized carbons (Fsp3) is 0.200. The van der Waals surface area contributed by atoms with Crippen molar-refractivity contribution in [1.29, 1.82) is 0 Å². The van der Waals surface area contributed by atoms with Gasteiger partial charge in [-0.2, -0.15) is 0 Å². The van der Waals surface area contributed by atoms with E-state index in [1.54, 1.807) is 0 Å². The van der Waals surface area contributed by atoms with Crippen LogP contribution in [-0.4, -0.2) is 4.57 Å². The van der Waals surface area contributed by atoms with Crippen molar-refractivity contribution >= 4 is 6.08 Å². The van der Waals surface area contributed by atoms with Crippen LogP contribution in [0.5, 0.6) is 0 Å². The number of hydrogen-bond donors (Lipinski definition) is 0. The van der Waals surface area contributed by atoms with Crippen molar-refractivity contribution in [3.8, 4) is 5.69 Å². The highest BCUT2D eigenvalue weighted by Crippen LogP contribution is 2.30. The molecule has 0 fully saturated rings. The average Bonchev–Trinajstić information content (AvgIpc) is 2.74. The average molecular weight is 209 g/mol. The van der Waals surface area contributed by atoms with E-state index in [-0.39, 0.29) is 0 Å². The Morgan fingerprint density at radius 1 is 1.06 bits per heavy atom. The lowest BCUT2D eigenvalue weighted by molar-refractivity contribution is 1.00. The fourth-order valence-electron chi connectivity index (χ4n) is 2.53. The van der Waals surface area contributed by atoms with E-state index in [9.17, 15) is 0 Å². The predicted octanol–water partition coefficient (Wildman–Crippen LogP) is 3.75. The molecule has 16 heavy (non-hydrogen) atoms. The Bertz CT molecular complexity index is 559. The molecule has 0 spiro atoms. The van der Waals surface area contributed by atoms with Crippen molar-refractivity contribution in [2.45, 2.75) is 20.3 Å². The summed E-state index contributed by atoms with van der Waals surface area (Å²) in [5.74, 6) is 0. The summed E-state index contributed by atoms with van der Waals surface area (Å²) in [4.78, 5) is 0. The topological polar surface area (TPSA) is 4.93 Å². The molecule has 0 unspecified atom stereocenters. The van der Waals surface area contributed by atoms with Crippen molar-refractivity contribution in [1.82, 2.24) is 4.57 Å². The van der Waals surface area contributed by atoms with Gasteiger partial charge in [0.25, 0.3) is 0 Å². The summed E-state index contributed by atoms with van der Waals surface area (Å²) in [5, 5.41) is 0. The molecule has 0 saturated heterocycles. The second kappa shape index (κ2) is 3.38. The summed E-state index contributed by atoms with van der Waals surface area (Å²) in [5.41, 5.74) is 6.85. The number of rotatable bonds is 1. The van der Waals surface area contributed by atoms with E-state index in [0.29, 0.717) is 0 Å². The fourth-order valence-corrected chi connectivity index (χ4v) is 2.53. The number of nitrogens with zero attached hydrogens (tertiary/aromatic N) is 1. The van der Waals surface area contributed by atoms with Crippen LogP contribution in [0.3, 0.4) is 0 Å². The smallest absolute Gasteiger partial charge is 0.0493 e. The largest absolute Gasteiger partial charge is 0.314 e. The number of fused-ring (bicyclic) bond motifs is 1. The van der Waals surface area contributed by atoms with Crippen LogP contribution < -0.4 is 0 Å². The van der Waals surface area contributed by atoms with Gasteiger partial charge in [0, 0.05) is 17.1 Å². The molecule has 0 amide bonds. The molecular formula is C15H15N. The number of hydrogen-bond acceptors (Lipinski definition) is 0. The highest BCUT2D eigenvalue weighted by molar-refractivity contribution is 5.64. The molecule has 3 rings (SSSR count). The Kier molecular flexibility index (Phi) is 2.00. The van der Waals surface area contributed by atoms with Crippen LogP contribution in [0.25, 0.3) is 11.8 Å². The normalized spacial score (nSPS) is 13.8. The van der Waals surface area contributed by atoms with E-state index >= 15 is 0 Å². The first-order valence-corrected chi connectivity index (χ1v) is 5.69. The quantitative estimate of drug-likeness (QED) is 0.674. The first-order chi connectivity index (χ1) is 7.75. The van der Waals surface area contributed by atoms with Gasteiger partial charge in [-0.3, -0.25) is 0 Å². The molecule has 1 aliphatic carbocycles. The van der Waals surface area contributed by atoms with Gasteiger partial charge in [0.1, 0.15) is 0 Å². The third-order valence-corrected chi connectivity index (χ3v) is 3.17. The van der Waals surface area contributed by atoms with Crippen molar-refractivity contribution in [3.05, 3.63) is 58.9 Å². The Labute approximate surface area is 96.0 Å². The lowest BCUT2D eigenvalue weighted by atomic mass is 10.2. The number of allylic oxidation sites excluding steroid dienone is 1. The molecular weight excluding hydrogens is 194 g/mol. The van der Waals surface area contributed by atoms with Crippen LogP contribution in [0.15, 0.2) is 42.0 Å². The zero-order valence-corrected chi connectivity index (χ0v) is 9.70. The number of benzene rings is 1. The summed E-state index contributed by atoms with van der Waals surface area (Å²) < 4.78 is 2.34. The molecule has 0 N–H and O–H groups in total. The van der Waals surface area contributed by atoms with Gasteiger partial charge in [-0.1, -0.05) is 23.8 Å². The zero-order valence-electron chi connectivity index (χ0n) is 9.70. The van der Waals surface area contributed by atoms with Crippen LogP contribution in [-0.2, 0) is 6.42 Å². The molecule has 0 radical (unpaired) electrons. The second-order valence-corrected chi connectivity index (χ2v) is 4.53. The molecule has 2 aromatic rings. The highest BCUT2D eigenvalue weighted by atomic mass is 15.0. The van der Waals surface area contributed by atoms with Crippen LogP contribution >= 0.6 is 0 Å². The monoisotopic (exact) mass is 209 g/mol. The maximum Gasteiger partial charge on any atom is 0.0493 e. The Morgan fingerprint density at radius 3 is 2.56 bits per heavy atom. The molecule has 1 nitrogen and oxygen atoms in total. The van der Waals surface area contributed by atoms with Crippen LogP contribution in [0.1, 0.15) is 23.9 Å². The van der Waals surface area contributed by atoms with E-state index in [2.05, 4.69) is 60.9 Å². The molecule has 1 aromatic heterocycles. The third kappa shape index (κ3) is 1.32. The predicted molar refractivity (Wildman–Crippen MR) is 67.9 cm³/mol.